The first-order valence-electron chi connectivity index (χ1n) is 4.01. The molecule has 0 aromatic heterocycles. The third-order valence-corrected chi connectivity index (χ3v) is 2.19. The topological polar surface area (TPSA) is 0 Å². The zero-order valence-corrected chi connectivity index (χ0v) is 9.73. The van der Waals surface area contributed by atoms with E-state index in [0.717, 1.165) is 5.92 Å². The minimum absolute atomic E-state index is 0.519. The molecule has 0 spiro atoms. The Balaban J connectivity index is 3.47. The molecule has 0 saturated carbocycles. The highest BCUT2D eigenvalue weighted by atomic mass is 127. The van der Waals surface area contributed by atoms with E-state index in [1.165, 1.54) is 17.3 Å². The Morgan fingerprint density at radius 3 is 2.10 bits per heavy atom. The van der Waals surface area contributed by atoms with Gasteiger partial charge >= 0.3 is 0 Å². The van der Waals surface area contributed by atoms with Crippen molar-refractivity contribution in [3.05, 3.63) is 0 Å². The zero-order chi connectivity index (χ0) is 8.20. The molecule has 0 amide bonds. The number of halogens is 1. The van der Waals surface area contributed by atoms with Crippen molar-refractivity contribution in [1.82, 2.24) is 0 Å². The van der Waals surface area contributed by atoms with Crippen molar-refractivity contribution >= 4 is 22.6 Å². The summed E-state index contributed by atoms with van der Waals surface area (Å²) < 4.78 is 1.30. The molecule has 1 atom stereocenters. The molecule has 0 bridgehead atoms. The van der Waals surface area contributed by atoms with Gasteiger partial charge in [-0.25, -0.2) is 0 Å². The molecule has 62 valence electrons. The van der Waals surface area contributed by atoms with E-state index in [1.54, 1.807) is 0 Å². The van der Waals surface area contributed by atoms with E-state index in [0.29, 0.717) is 5.41 Å². The maximum absolute atomic E-state index is 2.45. The number of hydrogen-bond donors (Lipinski definition) is 0. The van der Waals surface area contributed by atoms with Gasteiger partial charge in [-0.1, -0.05) is 50.3 Å². The fourth-order valence-corrected chi connectivity index (χ4v) is 2.40. The molecule has 0 fully saturated rings. The largest absolute Gasteiger partial charge is 0.0864 e. The maximum atomic E-state index is 2.45. The molecule has 0 aromatic carbocycles. The maximum Gasteiger partial charge on any atom is -0.000219 e. The average molecular weight is 254 g/mol. The number of hydrogen-bond acceptors (Lipinski definition) is 0. The fraction of sp³-hybridized carbons (Fsp3) is 1.00. The number of rotatable bonds is 3. The molecule has 0 rings (SSSR count). The van der Waals surface area contributed by atoms with E-state index in [2.05, 4.69) is 50.3 Å². The Bertz CT molecular complexity index is 81.2. The molecule has 0 aromatic rings. The van der Waals surface area contributed by atoms with E-state index in [9.17, 15) is 0 Å². The van der Waals surface area contributed by atoms with Crippen molar-refractivity contribution in [2.45, 2.75) is 40.5 Å². The van der Waals surface area contributed by atoms with Gasteiger partial charge in [0.15, 0.2) is 0 Å². The summed E-state index contributed by atoms with van der Waals surface area (Å²) in [4.78, 5) is 0. The highest BCUT2D eigenvalue weighted by Crippen LogP contribution is 2.25. The van der Waals surface area contributed by atoms with Gasteiger partial charge in [-0.3, -0.25) is 0 Å². The molecule has 0 N–H and O–H groups in total. The zero-order valence-electron chi connectivity index (χ0n) is 7.58. The Morgan fingerprint density at radius 1 is 1.30 bits per heavy atom. The molecule has 0 nitrogen and oxygen atoms in total. The van der Waals surface area contributed by atoms with Crippen LogP contribution >= 0.6 is 22.6 Å². The molecule has 0 aliphatic carbocycles. The first kappa shape index (κ1) is 10.7. The van der Waals surface area contributed by atoms with Crippen molar-refractivity contribution in [2.24, 2.45) is 11.3 Å². The van der Waals surface area contributed by atoms with Gasteiger partial charge in [-0.2, -0.15) is 0 Å². The molecule has 1 unspecified atom stereocenters. The van der Waals surface area contributed by atoms with Crippen LogP contribution in [0.5, 0.6) is 0 Å². The van der Waals surface area contributed by atoms with Gasteiger partial charge in [0.25, 0.3) is 0 Å². The Morgan fingerprint density at radius 2 is 1.80 bits per heavy atom. The van der Waals surface area contributed by atoms with Crippen LogP contribution in [0.2, 0.25) is 0 Å². The Labute approximate surface area is 78.9 Å². The summed E-state index contributed by atoms with van der Waals surface area (Å²) in [6, 6.07) is 0. The second kappa shape index (κ2) is 4.58. The standard InChI is InChI=1S/C9H19I/c1-8(5-6-10)7-9(2,3)4/h8H,5-7H2,1-4H3. The summed E-state index contributed by atoms with van der Waals surface area (Å²) >= 11 is 2.45. The van der Waals surface area contributed by atoms with Crippen LogP contribution in [0, 0.1) is 11.3 Å². The van der Waals surface area contributed by atoms with Crippen LogP contribution in [0.25, 0.3) is 0 Å². The van der Waals surface area contributed by atoms with Gasteiger partial charge in [0.05, 0.1) is 0 Å². The van der Waals surface area contributed by atoms with Crippen molar-refractivity contribution in [3.63, 3.8) is 0 Å². The van der Waals surface area contributed by atoms with Gasteiger partial charge in [-0.15, -0.1) is 0 Å². The van der Waals surface area contributed by atoms with Gasteiger partial charge in [0, 0.05) is 0 Å². The SMILES string of the molecule is CC(CCI)CC(C)(C)C. The van der Waals surface area contributed by atoms with E-state index in [-0.39, 0.29) is 0 Å². The van der Waals surface area contributed by atoms with Crippen molar-refractivity contribution < 1.29 is 0 Å². The third-order valence-electron chi connectivity index (χ3n) is 1.56. The first-order chi connectivity index (χ1) is 4.45. The molecule has 0 aliphatic rings. The lowest BCUT2D eigenvalue weighted by atomic mass is 9.84. The lowest BCUT2D eigenvalue weighted by Gasteiger charge is -2.22. The molecule has 0 saturated heterocycles. The van der Waals surface area contributed by atoms with E-state index in [1.807, 2.05) is 0 Å². The summed E-state index contributed by atoms with van der Waals surface area (Å²) in [5.41, 5.74) is 0.519. The highest BCUT2D eigenvalue weighted by Gasteiger charge is 2.14. The molecule has 1 heteroatoms. The van der Waals surface area contributed by atoms with Gasteiger partial charge < -0.3 is 0 Å². The summed E-state index contributed by atoms with van der Waals surface area (Å²) in [5.74, 6) is 0.900. The van der Waals surface area contributed by atoms with Crippen LogP contribution in [0.3, 0.4) is 0 Å². The summed E-state index contributed by atoms with van der Waals surface area (Å²) in [7, 11) is 0. The van der Waals surface area contributed by atoms with Crippen molar-refractivity contribution in [2.75, 3.05) is 4.43 Å². The van der Waals surface area contributed by atoms with Crippen LogP contribution in [-0.2, 0) is 0 Å². The van der Waals surface area contributed by atoms with Gasteiger partial charge in [0.1, 0.15) is 0 Å². The molecule has 0 aliphatic heterocycles. The molecule has 10 heavy (non-hydrogen) atoms. The van der Waals surface area contributed by atoms with E-state index < -0.39 is 0 Å². The molecular formula is C9H19I. The van der Waals surface area contributed by atoms with Gasteiger partial charge in [0.2, 0.25) is 0 Å². The summed E-state index contributed by atoms with van der Waals surface area (Å²) in [6.45, 7) is 9.30. The smallest absolute Gasteiger partial charge is 0.000219 e. The Kier molecular flexibility index (Phi) is 4.91. The van der Waals surface area contributed by atoms with Crippen LogP contribution in [0.15, 0.2) is 0 Å². The predicted molar refractivity (Wildman–Crippen MR) is 56.7 cm³/mol. The van der Waals surface area contributed by atoms with Crippen LogP contribution in [-0.4, -0.2) is 4.43 Å². The summed E-state index contributed by atoms with van der Waals surface area (Å²) in [5, 5.41) is 0. The third kappa shape index (κ3) is 6.84. The fourth-order valence-electron chi connectivity index (χ4n) is 1.33. The summed E-state index contributed by atoms with van der Waals surface area (Å²) in [6.07, 6.45) is 2.73. The highest BCUT2D eigenvalue weighted by molar-refractivity contribution is 14.1. The van der Waals surface area contributed by atoms with Gasteiger partial charge in [-0.05, 0) is 28.6 Å². The normalized spacial score (nSPS) is 15.3. The lowest BCUT2D eigenvalue weighted by molar-refractivity contribution is 0.304. The Hall–Kier alpha value is 0.730. The molecule has 0 heterocycles. The molecular weight excluding hydrogens is 235 g/mol. The van der Waals surface area contributed by atoms with Crippen molar-refractivity contribution in [1.29, 1.82) is 0 Å². The predicted octanol–water partition coefficient (Wildman–Crippen LogP) is 3.88. The number of alkyl halides is 1. The lowest BCUT2D eigenvalue weighted by Crippen LogP contribution is -2.11. The second-order valence-electron chi connectivity index (χ2n) is 4.35. The first-order valence-corrected chi connectivity index (χ1v) is 5.54. The van der Waals surface area contributed by atoms with E-state index in [4.69, 9.17) is 0 Å². The van der Waals surface area contributed by atoms with Crippen LogP contribution < -0.4 is 0 Å². The molecule has 0 radical (unpaired) electrons. The minimum atomic E-state index is 0.519. The minimum Gasteiger partial charge on any atom is -0.0864 e. The van der Waals surface area contributed by atoms with Crippen LogP contribution in [0.1, 0.15) is 40.5 Å². The second-order valence-corrected chi connectivity index (χ2v) is 5.43. The average Bonchev–Trinajstić information content (AvgIpc) is 1.59. The van der Waals surface area contributed by atoms with E-state index >= 15 is 0 Å². The van der Waals surface area contributed by atoms with Crippen molar-refractivity contribution in [3.8, 4) is 0 Å². The quantitative estimate of drug-likeness (QED) is 0.529. The van der Waals surface area contributed by atoms with Crippen LogP contribution in [0.4, 0.5) is 0 Å². The monoisotopic (exact) mass is 254 g/mol.